The minimum atomic E-state index is -0.749. The molecule has 0 fully saturated rings. The zero-order chi connectivity index (χ0) is 17.8. The predicted molar refractivity (Wildman–Crippen MR) is 93.2 cm³/mol. The van der Waals surface area contributed by atoms with Crippen LogP contribution < -0.4 is 14.8 Å². The van der Waals surface area contributed by atoms with Crippen LogP contribution in [0.15, 0.2) is 30.6 Å². The van der Waals surface area contributed by atoms with Crippen molar-refractivity contribution in [2.45, 2.75) is 19.4 Å². The first-order chi connectivity index (χ1) is 12.1. The van der Waals surface area contributed by atoms with E-state index >= 15 is 0 Å². The van der Waals surface area contributed by atoms with Gasteiger partial charge in [0, 0.05) is 24.4 Å². The van der Waals surface area contributed by atoms with Crippen LogP contribution in [0.5, 0.6) is 11.5 Å². The van der Waals surface area contributed by atoms with Crippen LogP contribution in [-0.2, 0) is 6.42 Å². The van der Waals surface area contributed by atoms with Gasteiger partial charge in [-0.15, -0.1) is 0 Å². The molecule has 0 saturated carbocycles. The lowest BCUT2D eigenvalue weighted by Gasteiger charge is -2.16. The highest BCUT2D eigenvalue weighted by Gasteiger charge is 2.13. The van der Waals surface area contributed by atoms with Crippen LogP contribution in [0.2, 0.25) is 0 Å². The topological polar surface area (TPSA) is 93.8 Å². The molecule has 3 aromatic rings. The van der Waals surface area contributed by atoms with E-state index in [4.69, 9.17) is 9.47 Å². The van der Waals surface area contributed by atoms with E-state index in [0.717, 1.165) is 17.9 Å². The van der Waals surface area contributed by atoms with Gasteiger partial charge in [-0.05, 0) is 24.1 Å². The van der Waals surface area contributed by atoms with Crippen molar-refractivity contribution in [1.29, 1.82) is 0 Å². The smallest absolute Gasteiger partial charge is 0.254 e. The molecule has 0 amide bonds. The molecule has 0 aliphatic heterocycles. The number of nitrogens with one attached hydrogen (secondary N) is 1. The number of nitrogens with zero attached hydrogens (tertiary/aromatic N) is 4. The van der Waals surface area contributed by atoms with Gasteiger partial charge in [-0.2, -0.15) is 14.6 Å². The Morgan fingerprint density at radius 1 is 1.16 bits per heavy atom. The summed E-state index contributed by atoms with van der Waals surface area (Å²) < 4.78 is 12.1. The summed E-state index contributed by atoms with van der Waals surface area (Å²) in [4.78, 5) is 8.52. The number of benzene rings is 1. The van der Waals surface area contributed by atoms with Crippen LogP contribution >= 0.6 is 0 Å². The Balaban J connectivity index is 1.81. The van der Waals surface area contributed by atoms with Gasteiger partial charge in [0.25, 0.3) is 5.78 Å². The second-order valence-electron chi connectivity index (χ2n) is 5.50. The van der Waals surface area contributed by atoms with Crippen molar-refractivity contribution in [3.8, 4) is 11.5 Å². The summed E-state index contributed by atoms with van der Waals surface area (Å²) in [6.07, 6.45) is 1.49. The number of hydrogen-bond donors (Lipinski definition) is 2. The van der Waals surface area contributed by atoms with Crippen LogP contribution in [0.25, 0.3) is 5.78 Å². The van der Waals surface area contributed by atoms with E-state index in [-0.39, 0.29) is 0 Å². The number of anilines is 1. The van der Waals surface area contributed by atoms with Gasteiger partial charge in [0.05, 0.1) is 20.3 Å². The molecule has 132 valence electrons. The van der Waals surface area contributed by atoms with Crippen LogP contribution in [-0.4, -0.2) is 45.5 Å². The number of ether oxygens (including phenoxy) is 2. The first-order valence-corrected chi connectivity index (χ1v) is 7.99. The largest absolute Gasteiger partial charge is 0.497 e. The molecule has 0 aliphatic carbocycles. The fourth-order valence-corrected chi connectivity index (χ4v) is 2.51. The quantitative estimate of drug-likeness (QED) is 0.676. The van der Waals surface area contributed by atoms with E-state index in [1.54, 1.807) is 36.9 Å². The maximum atomic E-state index is 10.5. The number of aliphatic hydroxyl groups is 1. The van der Waals surface area contributed by atoms with Crippen molar-refractivity contribution in [1.82, 2.24) is 19.6 Å². The van der Waals surface area contributed by atoms with Crippen molar-refractivity contribution in [2.24, 2.45) is 0 Å². The van der Waals surface area contributed by atoms with Crippen molar-refractivity contribution in [3.05, 3.63) is 41.9 Å². The third kappa shape index (κ3) is 3.63. The molecule has 3 rings (SSSR count). The molecule has 25 heavy (non-hydrogen) atoms. The standard InChI is InChI=1S/C17H21N5O3/c1-4-12-7-16(22-17(21-12)19-10-20-22)18-9-15(23)11-5-13(24-2)8-14(6-11)25-3/h5-8,10,15,18,23H,4,9H2,1-3H3. The molecular formula is C17H21N5O3. The lowest BCUT2D eigenvalue weighted by Crippen LogP contribution is -2.15. The normalized spacial score (nSPS) is 12.2. The molecule has 8 nitrogen and oxygen atoms in total. The number of hydrogen-bond acceptors (Lipinski definition) is 7. The SMILES string of the molecule is CCc1cc(NCC(O)c2cc(OC)cc(OC)c2)n2ncnc2n1. The molecule has 0 saturated heterocycles. The molecule has 8 heteroatoms. The highest BCUT2D eigenvalue weighted by molar-refractivity contribution is 5.46. The highest BCUT2D eigenvalue weighted by atomic mass is 16.5. The number of rotatable bonds is 7. The Hall–Kier alpha value is -2.87. The van der Waals surface area contributed by atoms with Gasteiger partial charge >= 0.3 is 0 Å². The van der Waals surface area contributed by atoms with E-state index < -0.39 is 6.10 Å². The molecular weight excluding hydrogens is 322 g/mol. The first-order valence-electron chi connectivity index (χ1n) is 7.99. The Bertz CT molecular complexity index is 842. The van der Waals surface area contributed by atoms with Crippen LogP contribution in [0.1, 0.15) is 24.3 Å². The van der Waals surface area contributed by atoms with Crippen LogP contribution in [0, 0.1) is 0 Å². The second kappa shape index (κ2) is 7.35. The van der Waals surface area contributed by atoms with Gasteiger partial charge in [0.1, 0.15) is 23.6 Å². The molecule has 0 spiro atoms. The van der Waals surface area contributed by atoms with Gasteiger partial charge in [-0.3, -0.25) is 0 Å². The Kier molecular flexibility index (Phi) is 4.99. The second-order valence-corrected chi connectivity index (χ2v) is 5.50. The molecule has 2 N–H and O–H groups in total. The van der Waals surface area contributed by atoms with Gasteiger partial charge in [-0.25, -0.2) is 4.98 Å². The number of methoxy groups -OCH3 is 2. The molecule has 1 unspecified atom stereocenters. The lowest BCUT2D eigenvalue weighted by atomic mass is 10.1. The summed E-state index contributed by atoms with van der Waals surface area (Å²) in [5, 5.41) is 17.9. The van der Waals surface area contributed by atoms with Crippen molar-refractivity contribution in [2.75, 3.05) is 26.1 Å². The first kappa shape index (κ1) is 17.0. The fraction of sp³-hybridized carbons (Fsp3) is 0.353. The lowest BCUT2D eigenvalue weighted by molar-refractivity contribution is 0.190. The van der Waals surface area contributed by atoms with Gasteiger partial charge < -0.3 is 19.9 Å². The summed E-state index contributed by atoms with van der Waals surface area (Å²) >= 11 is 0. The van der Waals surface area contributed by atoms with Crippen LogP contribution in [0.4, 0.5) is 5.82 Å². The van der Waals surface area contributed by atoms with E-state index in [1.165, 1.54) is 6.33 Å². The summed E-state index contributed by atoms with van der Waals surface area (Å²) in [6.45, 7) is 2.31. The minimum absolute atomic E-state index is 0.290. The maximum Gasteiger partial charge on any atom is 0.254 e. The Morgan fingerprint density at radius 3 is 2.52 bits per heavy atom. The molecule has 1 atom stereocenters. The zero-order valence-corrected chi connectivity index (χ0v) is 14.4. The van der Waals surface area contributed by atoms with E-state index in [1.807, 2.05) is 13.0 Å². The van der Waals surface area contributed by atoms with E-state index in [2.05, 4.69) is 20.4 Å². The highest BCUT2D eigenvalue weighted by Crippen LogP contribution is 2.26. The van der Waals surface area contributed by atoms with Gasteiger partial charge in [0.15, 0.2) is 0 Å². The van der Waals surface area contributed by atoms with Gasteiger partial charge in [0.2, 0.25) is 0 Å². The average Bonchev–Trinajstić information content (AvgIpc) is 3.13. The molecule has 0 bridgehead atoms. The molecule has 0 aliphatic rings. The molecule has 0 radical (unpaired) electrons. The Labute approximate surface area is 145 Å². The average molecular weight is 343 g/mol. The summed E-state index contributed by atoms with van der Waals surface area (Å²) in [5.41, 5.74) is 1.60. The molecule has 1 aromatic carbocycles. The molecule has 2 aromatic heterocycles. The van der Waals surface area contributed by atoms with E-state index in [9.17, 15) is 5.11 Å². The maximum absolute atomic E-state index is 10.5. The Morgan fingerprint density at radius 2 is 1.88 bits per heavy atom. The monoisotopic (exact) mass is 343 g/mol. The van der Waals surface area contributed by atoms with Crippen LogP contribution in [0.3, 0.4) is 0 Å². The summed E-state index contributed by atoms with van der Waals surface area (Å²) in [5.74, 6) is 2.51. The number of fused-ring (bicyclic) bond motifs is 1. The van der Waals surface area contributed by atoms with Crippen molar-refractivity contribution in [3.63, 3.8) is 0 Å². The predicted octanol–water partition coefficient (Wildman–Crippen LogP) is 1.85. The summed E-state index contributed by atoms with van der Waals surface area (Å²) in [7, 11) is 3.15. The number of aliphatic hydroxyl groups excluding tert-OH is 1. The van der Waals surface area contributed by atoms with Crippen molar-refractivity contribution < 1.29 is 14.6 Å². The number of aromatic nitrogens is 4. The third-order valence-corrected chi connectivity index (χ3v) is 3.90. The summed E-state index contributed by atoms with van der Waals surface area (Å²) in [6, 6.07) is 7.23. The van der Waals surface area contributed by atoms with Gasteiger partial charge in [-0.1, -0.05) is 6.92 Å². The zero-order valence-electron chi connectivity index (χ0n) is 14.4. The molecule has 2 heterocycles. The number of aryl methyl sites for hydroxylation is 1. The third-order valence-electron chi connectivity index (χ3n) is 3.90. The van der Waals surface area contributed by atoms with E-state index in [0.29, 0.717) is 29.4 Å². The minimum Gasteiger partial charge on any atom is -0.497 e. The fourth-order valence-electron chi connectivity index (χ4n) is 2.51. The van der Waals surface area contributed by atoms with Crippen molar-refractivity contribution >= 4 is 11.6 Å².